The number of fused-ring (bicyclic) bond motifs is 1. The lowest BCUT2D eigenvalue weighted by atomic mass is 9.49. The first-order chi connectivity index (χ1) is 14.4. The predicted molar refractivity (Wildman–Crippen MR) is 119 cm³/mol. The zero-order chi connectivity index (χ0) is 21.0. The molecule has 1 aromatic rings. The van der Waals surface area contributed by atoms with Crippen molar-refractivity contribution in [2.75, 3.05) is 27.7 Å². The minimum Gasteiger partial charge on any atom is -0.343 e. The van der Waals surface area contributed by atoms with Crippen molar-refractivity contribution in [3.63, 3.8) is 0 Å². The van der Waals surface area contributed by atoms with Gasteiger partial charge in [-0.3, -0.25) is 9.48 Å². The van der Waals surface area contributed by atoms with Gasteiger partial charge in [-0.2, -0.15) is 5.10 Å². The molecule has 1 heterocycles. The maximum atomic E-state index is 12.8. The Morgan fingerprint density at radius 2 is 1.80 bits per heavy atom. The van der Waals surface area contributed by atoms with Crippen LogP contribution in [0.5, 0.6) is 0 Å². The topological polar surface area (TPSA) is 41.4 Å². The van der Waals surface area contributed by atoms with Crippen molar-refractivity contribution in [2.45, 2.75) is 70.4 Å². The lowest BCUT2D eigenvalue weighted by Gasteiger charge is -2.58. The van der Waals surface area contributed by atoms with Crippen LogP contribution in [0.4, 0.5) is 0 Å². The van der Waals surface area contributed by atoms with Gasteiger partial charge in [-0.05, 0) is 88.0 Å². The first-order valence-corrected chi connectivity index (χ1v) is 12.0. The van der Waals surface area contributed by atoms with Crippen LogP contribution in [-0.2, 0) is 19.4 Å². The van der Waals surface area contributed by atoms with E-state index in [1.807, 2.05) is 24.9 Å². The molecule has 5 heteroatoms. The van der Waals surface area contributed by atoms with Crippen LogP contribution in [0.3, 0.4) is 0 Å². The van der Waals surface area contributed by atoms with E-state index in [1.165, 1.54) is 56.3 Å². The highest BCUT2D eigenvalue weighted by Gasteiger charge is 2.51. The summed E-state index contributed by atoms with van der Waals surface area (Å²) in [5.74, 6) is 3.04. The van der Waals surface area contributed by atoms with Crippen LogP contribution in [-0.4, -0.2) is 59.2 Å². The van der Waals surface area contributed by atoms with Crippen LogP contribution in [0.2, 0.25) is 0 Å². The fourth-order valence-electron chi connectivity index (χ4n) is 7.84. The minimum atomic E-state index is 0.0263. The molecule has 0 aliphatic heterocycles. The molecular weight excluding hydrogens is 372 g/mol. The lowest BCUT2D eigenvalue weighted by molar-refractivity contribution is -0.0712. The summed E-state index contributed by atoms with van der Waals surface area (Å²) in [6, 6.07) is 0.514. The molecule has 1 unspecified atom stereocenters. The van der Waals surface area contributed by atoms with Crippen molar-refractivity contribution >= 4 is 5.91 Å². The van der Waals surface area contributed by atoms with Crippen molar-refractivity contribution in [3.8, 4) is 0 Å². The predicted octanol–water partition coefficient (Wildman–Crippen LogP) is 3.78. The number of aromatic nitrogens is 2. The molecule has 1 atom stereocenters. The second kappa shape index (κ2) is 7.51. The van der Waals surface area contributed by atoms with Crippen LogP contribution in [0.15, 0.2) is 12.7 Å². The summed E-state index contributed by atoms with van der Waals surface area (Å²) >= 11 is 0. The van der Waals surface area contributed by atoms with Gasteiger partial charge in [0.25, 0.3) is 5.91 Å². The summed E-state index contributed by atoms with van der Waals surface area (Å²) in [5.41, 5.74) is 3.66. The normalized spacial score (nSPS) is 34.3. The van der Waals surface area contributed by atoms with Gasteiger partial charge in [0.1, 0.15) is 0 Å². The monoisotopic (exact) mass is 410 g/mol. The molecule has 5 nitrogen and oxygen atoms in total. The Hall–Kier alpha value is -1.62. The smallest absolute Gasteiger partial charge is 0.274 e. The number of nitrogens with zero attached hydrogens (tertiary/aromatic N) is 4. The summed E-state index contributed by atoms with van der Waals surface area (Å²) in [6.45, 7) is 5.80. The number of amides is 1. The number of likely N-dealkylation sites (N-methyl/N-ethyl adjacent to an activating group) is 1. The summed E-state index contributed by atoms with van der Waals surface area (Å²) in [6.07, 6.45) is 13.9. The van der Waals surface area contributed by atoms with Crippen molar-refractivity contribution in [3.05, 3.63) is 29.6 Å². The third kappa shape index (κ3) is 3.43. The molecule has 0 saturated heterocycles. The van der Waals surface area contributed by atoms with E-state index in [0.717, 1.165) is 37.0 Å². The van der Waals surface area contributed by atoms with Crippen LogP contribution in [0.1, 0.15) is 66.7 Å². The number of hydrogen-bond acceptors (Lipinski definition) is 3. The third-order valence-electron chi connectivity index (χ3n) is 8.60. The molecular formula is C25H38N4O. The zero-order valence-corrected chi connectivity index (χ0v) is 19.1. The molecule has 0 radical (unpaired) electrons. The second-order valence-corrected chi connectivity index (χ2v) is 11.2. The van der Waals surface area contributed by atoms with Gasteiger partial charge in [-0.1, -0.05) is 6.08 Å². The Balaban J connectivity index is 1.35. The number of allylic oxidation sites excluding steroid dienone is 1. The molecule has 0 aromatic carbocycles. The van der Waals surface area contributed by atoms with E-state index in [1.54, 1.807) is 4.90 Å². The van der Waals surface area contributed by atoms with Gasteiger partial charge in [0.2, 0.25) is 0 Å². The van der Waals surface area contributed by atoms with Gasteiger partial charge in [0, 0.05) is 37.9 Å². The molecule has 0 spiro atoms. The number of hydrogen-bond donors (Lipinski definition) is 0. The van der Waals surface area contributed by atoms with Gasteiger partial charge < -0.3 is 9.80 Å². The lowest BCUT2D eigenvalue weighted by Crippen LogP contribution is -2.52. The molecule has 0 N–H and O–H groups in total. The molecule has 6 rings (SSSR count). The molecule has 164 valence electrons. The van der Waals surface area contributed by atoms with E-state index in [2.05, 4.69) is 18.5 Å². The summed E-state index contributed by atoms with van der Waals surface area (Å²) in [4.78, 5) is 17.1. The summed E-state index contributed by atoms with van der Waals surface area (Å²) < 4.78 is 2.01. The number of carbonyl (C=O) groups is 1. The van der Waals surface area contributed by atoms with E-state index >= 15 is 0 Å². The van der Waals surface area contributed by atoms with Gasteiger partial charge in [-0.25, -0.2) is 0 Å². The van der Waals surface area contributed by atoms with Crippen LogP contribution in [0, 0.1) is 23.2 Å². The highest BCUT2D eigenvalue weighted by atomic mass is 16.2. The fraction of sp³-hybridized carbons (Fsp3) is 0.760. The fourth-order valence-corrected chi connectivity index (χ4v) is 7.84. The van der Waals surface area contributed by atoms with E-state index < -0.39 is 0 Å². The summed E-state index contributed by atoms with van der Waals surface area (Å²) in [5, 5.41) is 4.71. The second-order valence-electron chi connectivity index (χ2n) is 11.2. The van der Waals surface area contributed by atoms with Crippen molar-refractivity contribution in [1.82, 2.24) is 19.6 Å². The van der Waals surface area contributed by atoms with E-state index in [9.17, 15) is 4.79 Å². The van der Waals surface area contributed by atoms with Crippen molar-refractivity contribution in [2.24, 2.45) is 23.2 Å². The Bertz CT molecular complexity index is 803. The van der Waals surface area contributed by atoms with Gasteiger partial charge >= 0.3 is 0 Å². The highest BCUT2D eigenvalue weighted by molar-refractivity contribution is 5.93. The van der Waals surface area contributed by atoms with Crippen LogP contribution < -0.4 is 0 Å². The van der Waals surface area contributed by atoms with Crippen molar-refractivity contribution < 1.29 is 4.79 Å². The van der Waals surface area contributed by atoms with E-state index in [4.69, 9.17) is 5.10 Å². The highest BCUT2D eigenvalue weighted by Crippen LogP contribution is 2.60. The van der Waals surface area contributed by atoms with Crippen LogP contribution in [0.25, 0.3) is 0 Å². The molecule has 5 aliphatic rings. The van der Waals surface area contributed by atoms with Gasteiger partial charge in [-0.15, -0.1) is 6.58 Å². The Kier molecular flexibility index (Phi) is 5.08. The Labute approximate surface area is 181 Å². The molecule has 4 bridgehead atoms. The maximum Gasteiger partial charge on any atom is 0.274 e. The average Bonchev–Trinajstić information content (AvgIpc) is 3.04. The first kappa shape index (κ1) is 20.3. The summed E-state index contributed by atoms with van der Waals surface area (Å²) in [7, 11) is 5.98. The van der Waals surface area contributed by atoms with E-state index in [-0.39, 0.29) is 5.91 Å². The quantitative estimate of drug-likeness (QED) is 0.670. The molecule has 1 amide bonds. The minimum absolute atomic E-state index is 0.0263. The molecule has 1 aromatic heterocycles. The molecule has 30 heavy (non-hydrogen) atoms. The standard InChI is InChI=1S/C25H38N4O/c1-5-8-29-22-7-6-20(12-21(22)23(26-29)24(30)27(2)3)28(4)16-25-13-17-9-18(14-25)11-19(10-17)15-25/h5,17-20H,1,6-16H2,2-4H3. The Morgan fingerprint density at radius 1 is 1.17 bits per heavy atom. The van der Waals surface area contributed by atoms with Crippen molar-refractivity contribution in [1.29, 1.82) is 0 Å². The number of carbonyl (C=O) groups excluding carboxylic acids is 1. The SMILES string of the molecule is C=CCn1nc(C(=O)N(C)C)c2c1CCC(N(C)CC13CC4CC(CC(C4)C1)C3)C2. The zero-order valence-electron chi connectivity index (χ0n) is 19.1. The van der Waals surface area contributed by atoms with E-state index in [0.29, 0.717) is 23.7 Å². The number of rotatable bonds is 6. The van der Waals surface area contributed by atoms with Crippen LogP contribution >= 0.6 is 0 Å². The van der Waals surface area contributed by atoms with Gasteiger partial charge in [0.15, 0.2) is 5.69 Å². The average molecular weight is 411 g/mol. The Morgan fingerprint density at radius 3 is 2.37 bits per heavy atom. The third-order valence-corrected chi connectivity index (χ3v) is 8.60. The molecule has 5 aliphatic carbocycles. The first-order valence-electron chi connectivity index (χ1n) is 12.0. The molecule has 4 saturated carbocycles. The molecule has 4 fully saturated rings. The maximum absolute atomic E-state index is 12.8. The van der Waals surface area contributed by atoms with Gasteiger partial charge in [0.05, 0.1) is 6.54 Å². The largest absolute Gasteiger partial charge is 0.343 e.